The van der Waals surface area contributed by atoms with E-state index in [9.17, 15) is 9.59 Å². The van der Waals surface area contributed by atoms with E-state index in [0.29, 0.717) is 19.6 Å². The molecule has 1 fully saturated rings. The summed E-state index contributed by atoms with van der Waals surface area (Å²) >= 11 is 0. The Morgan fingerprint density at radius 3 is 2.40 bits per heavy atom. The van der Waals surface area contributed by atoms with E-state index in [-0.39, 0.29) is 12.0 Å². The van der Waals surface area contributed by atoms with Crippen LogP contribution >= 0.6 is 0 Å². The fourth-order valence-electron chi connectivity index (χ4n) is 2.25. The summed E-state index contributed by atoms with van der Waals surface area (Å²) in [5, 5.41) is 0. The van der Waals surface area contributed by atoms with Crippen molar-refractivity contribution in [1.82, 2.24) is 0 Å². The smallest absolute Gasteiger partial charge is 0.305 e. The van der Waals surface area contributed by atoms with Gasteiger partial charge in [-0.2, -0.15) is 0 Å². The first kappa shape index (κ1) is 16.7. The van der Waals surface area contributed by atoms with Gasteiger partial charge < -0.3 is 18.9 Å². The first-order chi connectivity index (χ1) is 9.49. The quantitative estimate of drug-likeness (QED) is 0.400. The molecular formula is C14H22O6. The van der Waals surface area contributed by atoms with Crippen molar-refractivity contribution in [1.29, 1.82) is 0 Å². The number of hydrogen-bond acceptors (Lipinski definition) is 6. The van der Waals surface area contributed by atoms with E-state index in [1.807, 2.05) is 6.92 Å². The van der Waals surface area contributed by atoms with Gasteiger partial charge in [-0.05, 0) is 6.42 Å². The van der Waals surface area contributed by atoms with Crippen molar-refractivity contribution in [2.45, 2.75) is 45.7 Å². The Morgan fingerprint density at radius 2 is 1.90 bits per heavy atom. The summed E-state index contributed by atoms with van der Waals surface area (Å²) in [6.45, 7) is 8.87. The lowest BCUT2D eigenvalue weighted by Crippen LogP contribution is -2.37. The third kappa shape index (κ3) is 4.61. The molecule has 1 unspecified atom stereocenters. The molecule has 1 saturated heterocycles. The number of carbonyl (C=O) groups excluding carboxylic acids is 2. The summed E-state index contributed by atoms with van der Waals surface area (Å²) in [5.74, 6) is -1.09. The third-order valence-corrected chi connectivity index (χ3v) is 3.01. The van der Waals surface area contributed by atoms with Gasteiger partial charge in [-0.25, -0.2) is 0 Å². The molecule has 0 aromatic carbocycles. The van der Waals surface area contributed by atoms with Crippen LogP contribution in [0.2, 0.25) is 0 Å². The topological polar surface area (TPSA) is 71.1 Å². The molecule has 0 radical (unpaired) electrons. The Hall–Kier alpha value is -1.40. The monoisotopic (exact) mass is 286 g/mol. The highest BCUT2D eigenvalue weighted by atomic mass is 16.7. The van der Waals surface area contributed by atoms with Crippen LogP contribution in [0.4, 0.5) is 0 Å². The lowest BCUT2D eigenvalue weighted by Gasteiger charge is -2.22. The SMILES string of the molecule is C=CCOC[C@@H]1[C@@H](CC)OC(OC(C)=O)[C@@H]1OC(C)=O. The minimum Gasteiger partial charge on any atom is -0.455 e. The summed E-state index contributed by atoms with van der Waals surface area (Å²) in [5.41, 5.74) is 0. The van der Waals surface area contributed by atoms with E-state index in [4.69, 9.17) is 18.9 Å². The summed E-state index contributed by atoms with van der Waals surface area (Å²) in [6, 6.07) is 0. The summed E-state index contributed by atoms with van der Waals surface area (Å²) < 4.78 is 21.4. The van der Waals surface area contributed by atoms with Crippen molar-refractivity contribution in [3.8, 4) is 0 Å². The van der Waals surface area contributed by atoms with Crippen LogP contribution in [0.1, 0.15) is 27.2 Å². The number of carbonyl (C=O) groups is 2. The highest BCUT2D eigenvalue weighted by Crippen LogP contribution is 2.32. The molecule has 4 atom stereocenters. The molecule has 0 bridgehead atoms. The van der Waals surface area contributed by atoms with E-state index < -0.39 is 24.3 Å². The Bertz CT molecular complexity index is 354. The van der Waals surface area contributed by atoms with Gasteiger partial charge in [-0.3, -0.25) is 9.59 Å². The minimum atomic E-state index is -0.876. The van der Waals surface area contributed by atoms with E-state index in [1.54, 1.807) is 6.08 Å². The van der Waals surface area contributed by atoms with Crippen molar-refractivity contribution in [2.24, 2.45) is 5.92 Å². The zero-order valence-corrected chi connectivity index (χ0v) is 12.2. The maximum Gasteiger partial charge on any atom is 0.305 e. The highest BCUT2D eigenvalue weighted by Gasteiger charge is 2.47. The zero-order chi connectivity index (χ0) is 15.1. The largest absolute Gasteiger partial charge is 0.455 e. The molecule has 1 heterocycles. The van der Waals surface area contributed by atoms with Gasteiger partial charge in [0.05, 0.1) is 25.2 Å². The molecule has 0 aromatic heterocycles. The van der Waals surface area contributed by atoms with Crippen molar-refractivity contribution in [3.05, 3.63) is 12.7 Å². The maximum atomic E-state index is 11.2. The number of rotatable bonds is 7. The Kier molecular flexibility index (Phi) is 6.67. The minimum absolute atomic E-state index is 0.173. The van der Waals surface area contributed by atoms with Gasteiger partial charge in [0.1, 0.15) is 0 Å². The van der Waals surface area contributed by atoms with E-state index in [2.05, 4.69) is 6.58 Å². The molecule has 20 heavy (non-hydrogen) atoms. The molecule has 114 valence electrons. The Balaban J connectivity index is 2.79. The molecule has 0 saturated carbocycles. The summed E-state index contributed by atoms with van der Waals surface area (Å²) in [6.07, 6.45) is 0.636. The Labute approximate surface area is 119 Å². The number of esters is 2. The van der Waals surface area contributed by atoms with Crippen LogP contribution in [0, 0.1) is 5.92 Å². The van der Waals surface area contributed by atoms with Crippen LogP contribution in [0.5, 0.6) is 0 Å². The second-order valence-corrected chi connectivity index (χ2v) is 4.62. The standard InChI is InChI=1S/C14H22O6/c1-5-7-17-8-11-12(6-2)20-14(19-10(4)16)13(11)18-9(3)15/h5,11-14H,1,6-8H2,2-4H3/t11-,12-,13-,14?/m1/s1. The van der Waals surface area contributed by atoms with Gasteiger partial charge in [0, 0.05) is 13.8 Å². The number of ether oxygens (including phenoxy) is 4. The molecule has 1 rings (SSSR count). The van der Waals surface area contributed by atoms with Crippen molar-refractivity contribution >= 4 is 11.9 Å². The normalized spacial score (nSPS) is 28.9. The van der Waals surface area contributed by atoms with Crippen LogP contribution in [-0.2, 0) is 28.5 Å². The molecule has 6 heteroatoms. The fourth-order valence-corrected chi connectivity index (χ4v) is 2.25. The second-order valence-electron chi connectivity index (χ2n) is 4.62. The average molecular weight is 286 g/mol. The van der Waals surface area contributed by atoms with Crippen LogP contribution in [0.15, 0.2) is 12.7 Å². The summed E-state index contributed by atoms with van der Waals surface area (Å²) in [4.78, 5) is 22.3. The highest BCUT2D eigenvalue weighted by molar-refractivity contribution is 5.67. The molecule has 6 nitrogen and oxygen atoms in total. The van der Waals surface area contributed by atoms with Gasteiger partial charge in [0.2, 0.25) is 6.29 Å². The van der Waals surface area contributed by atoms with Gasteiger partial charge in [-0.15, -0.1) is 6.58 Å². The van der Waals surface area contributed by atoms with Crippen LogP contribution in [-0.4, -0.2) is 43.7 Å². The van der Waals surface area contributed by atoms with Gasteiger partial charge in [-0.1, -0.05) is 13.0 Å². The first-order valence-electron chi connectivity index (χ1n) is 6.68. The zero-order valence-electron chi connectivity index (χ0n) is 12.2. The van der Waals surface area contributed by atoms with Gasteiger partial charge >= 0.3 is 11.9 Å². The fraction of sp³-hybridized carbons (Fsp3) is 0.714. The molecular weight excluding hydrogens is 264 g/mol. The second kappa shape index (κ2) is 8.01. The summed E-state index contributed by atoms with van der Waals surface area (Å²) in [7, 11) is 0. The molecule has 0 N–H and O–H groups in total. The molecule has 1 aliphatic rings. The van der Waals surface area contributed by atoms with Gasteiger partial charge in [0.15, 0.2) is 6.10 Å². The average Bonchev–Trinajstić information content (AvgIpc) is 2.67. The van der Waals surface area contributed by atoms with E-state index in [0.717, 1.165) is 0 Å². The van der Waals surface area contributed by atoms with Crippen LogP contribution in [0.25, 0.3) is 0 Å². The molecule has 0 aliphatic carbocycles. The predicted octanol–water partition coefficient (Wildman–Crippen LogP) is 1.43. The number of hydrogen-bond donors (Lipinski definition) is 0. The van der Waals surface area contributed by atoms with Crippen molar-refractivity contribution in [3.63, 3.8) is 0 Å². The first-order valence-corrected chi connectivity index (χ1v) is 6.68. The molecule has 0 amide bonds. The van der Waals surface area contributed by atoms with Crippen molar-refractivity contribution in [2.75, 3.05) is 13.2 Å². The maximum absolute atomic E-state index is 11.2. The van der Waals surface area contributed by atoms with Crippen molar-refractivity contribution < 1.29 is 28.5 Å². The van der Waals surface area contributed by atoms with E-state index in [1.165, 1.54) is 13.8 Å². The molecule has 0 spiro atoms. The molecule has 1 aliphatic heterocycles. The van der Waals surface area contributed by atoms with Crippen LogP contribution in [0.3, 0.4) is 0 Å². The van der Waals surface area contributed by atoms with Gasteiger partial charge in [0.25, 0.3) is 0 Å². The lowest BCUT2D eigenvalue weighted by atomic mass is 9.97. The lowest BCUT2D eigenvalue weighted by molar-refractivity contribution is -0.194. The molecule has 0 aromatic rings. The Morgan fingerprint density at radius 1 is 1.25 bits per heavy atom. The van der Waals surface area contributed by atoms with Crippen LogP contribution < -0.4 is 0 Å². The third-order valence-electron chi connectivity index (χ3n) is 3.01. The predicted molar refractivity (Wildman–Crippen MR) is 70.8 cm³/mol. The van der Waals surface area contributed by atoms with E-state index >= 15 is 0 Å².